The molecule has 4 unspecified atom stereocenters. The van der Waals surface area contributed by atoms with Crippen molar-refractivity contribution in [3.05, 3.63) is 0 Å². The molecular formula is C14H30N2O4S. The molecule has 21 heavy (non-hydrogen) atoms. The first-order valence-corrected chi connectivity index (χ1v) is 8.71. The molecule has 0 spiro atoms. The van der Waals surface area contributed by atoms with Gasteiger partial charge in [-0.1, -0.05) is 13.8 Å². The molecule has 5 N–H and O–H groups in total. The Kier molecular flexibility index (Phi) is 11.3. The van der Waals surface area contributed by atoms with Crippen LogP contribution in [0.15, 0.2) is 0 Å². The Morgan fingerprint density at radius 3 is 2.38 bits per heavy atom. The summed E-state index contributed by atoms with van der Waals surface area (Å²) >= 11 is 1.78. The summed E-state index contributed by atoms with van der Waals surface area (Å²) in [5.41, 5.74) is 5.12. The Morgan fingerprint density at radius 2 is 2.10 bits per heavy atom. The third-order valence-corrected chi connectivity index (χ3v) is 3.63. The van der Waals surface area contributed by atoms with Crippen LogP contribution in [0.3, 0.4) is 0 Å². The van der Waals surface area contributed by atoms with Crippen molar-refractivity contribution in [2.24, 2.45) is 5.73 Å². The molecule has 1 rings (SSSR count). The predicted molar refractivity (Wildman–Crippen MR) is 86.5 cm³/mol. The molecule has 1 aliphatic heterocycles. The first-order chi connectivity index (χ1) is 9.84. The zero-order valence-electron chi connectivity index (χ0n) is 13.4. The van der Waals surface area contributed by atoms with E-state index in [4.69, 9.17) is 10.5 Å². The van der Waals surface area contributed by atoms with Gasteiger partial charge in [0, 0.05) is 24.9 Å². The van der Waals surface area contributed by atoms with Crippen molar-refractivity contribution in [2.45, 2.75) is 57.6 Å². The maximum absolute atomic E-state index is 11.8. The lowest BCUT2D eigenvalue weighted by Gasteiger charge is -2.28. The van der Waals surface area contributed by atoms with Crippen molar-refractivity contribution >= 4 is 17.5 Å². The summed E-state index contributed by atoms with van der Waals surface area (Å²) in [5.74, 6) is 0.750. The fraction of sp³-hybridized carbons (Fsp3) is 0.929. The monoisotopic (exact) mass is 322 g/mol. The molecule has 4 atom stereocenters. The van der Waals surface area contributed by atoms with Gasteiger partial charge in [-0.3, -0.25) is 4.79 Å². The lowest BCUT2D eigenvalue weighted by molar-refractivity contribution is -0.133. The SMILES string of the molecule is CC(C)NC(C(=O)C(C)O)C1OCCC1O.CSCCN. The second-order valence-corrected chi connectivity index (χ2v) is 6.34. The summed E-state index contributed by atoms with van der Waals surface area (Å²) in [5, 5.41) is 22.1. The molecule has 0 aromatic heterocycles. The molecule has 0 bridgehead atoms. The van der Waals surface area contributed by atoms with E-state index in [2.05, 4.69) is 5.32 Å². The standard InChI is InChI=1S/C11H21NO4.C3H9NS/c1-6(2)12-9(10(15)7(3)13)11-8(14)4-5-16-11;1-5-3-2-4/h6-9,11-14H,4-5H2,1-3H3;2-4H2,1H3. The number of carbonyl (C=O) groups excluding carboxylic acids is 1. The molecule has 1 saturated heterocycles. The molecule has 0 amide bonds. The number of nitrogens with two attached hydrogens (primary N) is 1. The Morgan fingerprint density at radius 1 is 1.48 bits per heavy atom. The third kappa shape index (κ3) is 8.13. The van der Waals surface area contributed by atoms with Crippen molar-refractivity contribution in [2.75, 3.05) is 25.2 Å². The van der Waals surface area contributed by atoms with E-state index in [1.54, 1.807) is 11.8 Å². The minimum absolute atomic E-state index is 0.0871. The summed E-state index contributed by atoms with van der Waals surface area (Å²) in [6, 6.07) is -0.554. The van der Waals surface area contributed by atoms with E-state index in [0.29, 0.717) is 13.0 Å². The van der Waals surface area contributed by atoms with Gasteiger partial charge in [-0.15, -0.1) is 0 Å². The number of hydrogen-bond donors (Lipinski definition) is 4. The topological polar surface area (TPSA) is 105 Å². The first kappa shape index (κ1) is 20.8. The van der Waals surface area contributed by atoms with Crippen molar-refractivity contribution in [1.82, 2.24) is 5.32 Å². The molecule has 7 heteroatoms. The molecular weight excluding hydrogens is 292 g/mol. The van der Waals surface area contributed by atoms with Crippen molar-refractivity contribution < 1.29 is 19.7 Å². The second kappa shape index (κ2) is 11.4. The van der Waals surface area contributed by atoms with E-state index in [0.717, 1.165) is 12.3 Å². The quantitative estimate of drug-likeness (QED) is 0.513. The summed E-state index contributed by atoms with van der Waals surface area (Å²) < 4.78 is 5.36. The Labute approximate surface area is 131 Å². The summed E-state index contributed by atoms with van der Waals surface area (Å²) in [6.07, 6.45) is 0.344. The highest BCUT2D eigenvalue weighted by atomic mass is 32.2. The second-order valence-electron chi connectivity index (χ2n) is 5.35. The highest BCUT2D eigenvalue weighted by Gasteiger charge is 2.39. The van der Waals surface area contributed by atoms with Gasteiger partial charge in [0.05, 0.1) is 12.1 Å². The van der Waals surface area contributed by atoms with Gasteiger partial charge in [0.25, 0.3) is 0 Å². The Balaban J connectivity index is 0.000000690. The summed E-state index contributed by atoms with van der Waals surface area (Å²) in [7, 11) is 0. The van der Waals surface area contributed by atoms with Crippen LogP contribution in [-0.2, 0) is 9.53 Å². The zero-order chi connectivity index (χ0) is 16.4. The molecule has 0 saturated carbocycles. The van der Waals surface area contributed by atoms with Gasteiger partial charge in [0.2, 0.25) is 0 Å². The summed E-state index contributed by atoms with van der Waals surface area (Å²) in [6.45, 7) is 6.50. The van der Waals surface area contributed by atoms with Crippen LogP contribution in [-0.4, -0.2) is 71.6 Å². The smallest absolute Gasteiger partial charge is 0.180 e. The number of aliphatic hydroxyl groups is 2. The molecule has 0 aromatic carbocycles. The zero-order valence-corrected chi connectivity index (χ0v) is 14.2. The highest BCUT2D eigenvalue weighted by molar-refractivity contribution is 7.98. The molecule has 0 aliphatic carbocycles. The fourth-order valence-electron chi connectivity index (χ4n) is 1.99. The van der Waals surface area contributed by atoms with Crippen LogP contribution in [0.2, 0.25) is 0 Å². The number of ketones is 1. The number of rotatable bonds is 7. The van der Waals surface area contributed by atoms with Crippen LogP contribution in [0, 0.1) is 0 Å². The molecule has 6 nitrogen and oxygen atoms in total. The van der Waals surface area contributed by atoms with Gasteiger partial charge in [0.1, 0.15) is 12.2 Å². The van der Waals surface area contributed by atoms with E-state index in [9.17, 15) is 15.0 Å². The lowest BCUT2D eigenvalue weighted by atomic mass is 9.98. The van der Waals surface area contributed by atoms with E-state index >= 15 is 0 Å². The Hall–Kier alpha value is -0.180. The maximum Gasteiger partial charge on any atom is 0.180 e. The molecule has 1 heterocycles. The fourth-order valence-corrected chi connectivity index (χ4v) is 2.23. The first-order valence-electron chi connectivity index (χ1n) is 7.31. The number of nitrogens with one attached hydrogen (secondary N) is 1. The van der Waals surface area contributed by atoms with Crippen LogP contribution >= 0.6 is 11.8 Å². The number of hydrogen-bond acceptors (Lipinski definition) is 7. The molecule has 126 valence electrons. The van der Waals surface area contributed by atoms with Crippen LogP contribution in [0.5, 0.6) is 0 Å². The molecule has 1 fully saturated rings. The third-order valence-electron chi connectivity index (χ3n) is 2.98. The van der Waals surface area contributed by atoms with Crippen molar-refractivity contribution in [3.8, 4) is 0 Å². The van der Waals surface area contributed by atoms with Crippen LogP contribution in [0.25, 0.3) is 0 Å². The van der Waals surface area contributed by atoms with Crippen LogP contribution < -0.4 is 11.1 Å². The number of Topliss-reactive ketones (excluding diaryl/α,β-unsaturated/α-hetero) is 1. The van der Waals surface area contributed by atoms with Crippen molar-refractivity contribution in [1.29, 1.82) is 0 Å². The minimum atomic E-state index is -1.05. The average molecular weight is 322 g/mol. The maximum atomic E-state index is 11.8. The van der Waals surface area contributed by atoms with Crippen LogP contribution in [0.4, 0.5) is 0 Å². The highest BCUT2D eigenvalue weighted by Crippen LogP contribution is 2.18. The average Bonchev–Trinajstić information content (AvgIpc) is 2.82. The van der Waals surface area contributed by atoms with Gasteiger partial charge < -0.3 is 26.0 Å². The van der Waals surface area contributed by atoms with E-state index in [-0.39, 0.29) is 11.8 Å². The normalized spacial score (nSPS) is 24.4. The predicted octanol–water partition coefficient (Wildman–Crippen LogP) is -0.239. The molecule has 1 aliphatic rings. The minimum Gasteiger partial charge on any atom is -0.390 e. The largest absolute Gasteiger partial charge is 0.390 e. The van der Waals surface area contributed by atoms with Crippen LogP contribution in [0.1, 0.15) is 27.2 Å². The number of aliphatic hydroxyl groups excluding tert-OH is 2. The van der Waals surface area contributed by atoms with E-state index < -0.39 is 24.4 Å². The lowest BCUT2D eigenvalue weighted by Crippen LogP contribution is -2.54. The summed E-state index contributed by atoms with van der Waals surface area (Å²) in [4.78, 5) is 11.8. The molecule has 0 radical (unpaired) electrons. The van der Waals surface area contributed by atoms with Gasteiger partial charge in [-0.05, 0) is 19.6 Å². The van der Waals surface area contributed by atoms with Gasteiger partial charge in [-0.25, -0.2) is 0 Å². The van der Waals surface area contributed by atoms with Gasteiger partial charge in [-0.2, -0.15) is 11.8 Å². The van der Waals surface area contributed by atoms with Gasteiger partial charge >= 0.3 is 0 Å². The number of thioether (sulfide) groups is 1. The Bertz CT molecular complexity index is 288. The van der Waals surface area contributed by atoms with Crippen molar-refractivity contribution in [3.63, 3.8) is 0 Å². The van der Waals surface area contributed by atoms with E-state index in [1.807, 2.05) is 20.1 Å². The molecule has 0 aromatic rings. The van der Waals surface area contributed by atoms with Gasteiger partial charge in [0.15, 0.2) is 5.78 Å². The number of carbonyl (C=O) groups is 1. The number of ether oxygens (including phenoxy) is 1. The van der Waals surface area contributed by atoms with E-state index in [1.165, 1.54) is 6.92 Å².